The zero-order valence-electron chi connectivity index (χ0n) is 15.8. The maximum absolute atomic E-state index is 12.9. The van der Waals surface area contributed by atoms with Crippen LogP contribution in [0.3, 0.4) is 0 Å². The minimum Gasteiger partial charge on any atom is -0.486 e. The highest BCUT2D eigenvalue weighted by Gasteiger charge is 2.26. The Morgan fingerprint density at radius 3 is 2.38 bits per heavy atom. The summed E-state index contributed by atoms with van der Waals surface area (Å²) in [6, 6.07) is 12.0. The third kappa shape index (κ3) is 4.84. The van der Waals surface area contributed by atoms with E-state index in [4.69, 9.17) is 25.8 Å². The molecule has 0 radical (unpaired) electrons. The first-order chi connectivity index (χ1) is 14.0. The van der Waals surface area contributed by atoms with Gasteiger partial charge in [0, 0.05) is 36.8 Å². The summed E-state index contributed by atoms with van der Waals surface area (Å²) in [6.07, 6.45) is 0. The van der Waals surface area contributed by atoms with Crippen molar-refractivity contribution in [1.29, 1.82) is 0 Å². The van der Waals surface area contributed by atoms with Crippen molar-refractivity contribution in [3.05, 3.63) is 53.1 Å². The summed E-state index contributed by atoms with van der Waals surface area (Å²) in [5.41, 5.74) is 1.00. The second-order valence-corrected chi connectivity index (χ2v) is 9.08. The standard InChI is InChI=1S/C20H23ClN2O5S/c21-16-3-1-15(2-4-16)18(23-7-9-26-10-8-23)14-22-29(24,25)17-5-6-19-20(13-17)28-12-11-27-19/h1-6,13,18,22H,7-12,14H2/t18-/m1/s1. The third-order valence-electron chi connectivity index (χ3n) is 5.03. The maximum Gasteiger partial charge on any atom is 0.240 e. The van der Waals surface area contributed by atoms with Gasteiger partial charge in [-0.3, -0.25) is 4.90 Å². The van der Waals surface area contributed by atoms with Gasteiger partial charge in [-0.2, -0.15) is 0 Å². The summed E-state index contributed by atoms with van der Waals surface area (Å²) in [7, 11) is -3.71. The number of sulfonamides is 1. The first-order valence-electron chi connectivity index (χ1n) is 9.49. The van der Waals surface area contributed by atoms with E-state index in [9.17, 15) is 8.42 Å². The fourth-order valence-electron chi connectivity index (χ4n) is 3.49. The Balaban J connectivity index is 1.53. The molecule has 2 aliphatic heterocycles. The first kappa shape index (κ1) is 20.4. The second kappa shape index (κ2) is 8.89. The lowest BCUT2D eigenvalue weighted by molar-refractivity contribution is 0.0172. The Bertz CT molecular complexity index is 946. The smallest absolute Gasteiger partial charge is 0.240 e. The highest BCUT2D eigenvalue weighted by Crippen LogP contribution is 2.32. The Hall–Kier alpha value is -1.84. The number of hydrogen-bond donors (Lipinski definition) is 1. The van der Waals surface area contributed by atoms with E-state index in [1.165, 1.54) is 12.1 Å². The molecule has 0 unspecified atom stereocenters. The molecule has 9 heteroatoms. The van der Waals surface area contributed by atoms with E-state index in [2.05, 4.69) is 9.62 Å². The lowest BCUT2D eigenvalue weighted by Gasteiger charge is -2.35. The fourth-order valence-corrected chi connectivity index (χ4v) is 4.67. The van der Waals surface area contributed by atoms with E-state index in [0.717, 1.165) is 18.7 Å². The van der Waals surface area contributed by atoms with E-state index in [-0.39, 0.29) is 17.5 Å². The molecular weight excluding hydrogens is 416 g/mol. The number of fused-ring (bicyclic) bond motifs is 1. The van der Waals surface area contributed by atoms with Crippen LogP contribution in [-0.4, -0.2) is 59.4 Å². The fraction of sp³-hybridized carbons (Fsp3) is 0.400. The van der Waals surface area contributed by atoms with Crippen molar-refractivity contribution >= 4 is 21.6 Å². The number of ether oxygens (including phenoxy) is 3. The second-order valence-electron chi connectivity index (χ2n) is 6.87. The van der Waals surface area contributed by atoms with Crippen molar-refractivity contribution in [1.82, 2.24) is 9.62 Å². The number of rotatable bonds is 6. The van der Waals surface area contributed by atoms with Crippen molar-refractivity contribution in [2.24, 2.45) is 0 Å². The molecule has 0 spiro atoms. The molecule has 0 saturated carbocycles. The molecule has 7 nitrogen and oxygen atoms in total. The summed E-state index contributed by atoms with van der Waals surface area (Å²) in [5.74, 6) is 1.00. The van der Waals surface area contributed by atoms with Gasteiger partial charge in [-0.25, -0.2) is 13.1 Å². The normalized spacial score (nSPS) is 18.4. The van der Waals surface area contributed by atoms with Gasteiger partial charge in [0.25, 0.3) is 0 Å². The number of hydrogen-bond acceptors (Lipinski definition) is 6. The van der Waals surface area contributed by atoms with Crippen LogP contribution in [0.4, 0.5) is 0 Å². The van der Waals surface area contributed by atoms with Crippen LogP contribution in [0.5, 0.6) is 11.5 Å². The minimum absolute atomic E-state index is 0.122. The Morgan fingerprint density at radius 2 is 1.66 bits per heavy atom. The molecule has 29 heavy (non-hydrogen) atoms. The monoisotopic (exact) mass is 438 g/mol. The van der Waals surface area contributed by atoms with Gasteiger partial charge in [-0.05, 0) is 29.8 Å². The van der Waals surface area contributed by atoms with E-state index in [0.29, 0.717) is 42.9 Å². The number of nitrogens with one attached hydrogen (secondary N) is 1. The van der Waals surface area contributed by atoms with Crippen LogP contribution in [0.2, 0.25) is 5.02 Å². The molecule has 1 N–H and O–H groups in total. The minimum atomic E-state index is -3.71. The number of benzene rings is 2. The molecule has 2 aliphatic rings. The van der Waals surface area contributed by atoms with Crippen LogP contribution in [0.1, 0.15) is 11.6 Å². The zero-order chi connectivity index (χ0) is 20.3. The molecule has 156 valence electrons. The molecule has 2 heterocycles. The predicted molar refractivity (Wildman–Crippen MR) is 109 cm³/mol. The highest BCUT2D eigenvalue weighted by molar-refractivity contribution is 7.89. The zero-order valence-corrected chi connectivity index (χ0v) is 17.4. The molecule has 1 atom stereocenters. The van der Waals surface area contributed by atoms with E-state index in [1.807, 2.05) is 24.3 Å². The third-order valence-corrected chi connectivity index (χ3v) is 6.71. The van der Waals surface area contributed by atoms with Crippen LogP contribution in [0.15, 0.2) is 47.4 Å². The van der Waals surface area contributed by atoms with Gasteiger partial charge in [-0.15, -0.1) is 0 Å². The molecule has 0 aliphatic carbocycles. The summed E-state index contributed by atoms with van der Waals surface area (Å²) in [4.78, 5) is 2.37. The summed E-state index contributed by atoms with van der Waals surface area (Å²) in [6.45, 7) is 3.81. The van der Waals surface area contributed by atoms with E-state index in [1.54, 1.807) is 6.07 Å². The number of morpholine rings is 1. The number of halogens is 1. The van der Waals surface area contributed by atoms with Crippen LogP contribution >= 0.6 is 11.6 Å². The van der Waals surface area contributed by atoms with E-state index >= 15 is 0 Å². The summed E-state index contributed by atoms with van der Waals surface area (Å²) in [5, 5.41) is 0.645. The first-order valence-corrected chi connectivity index (χ1v) is 11.4. The van der Waals surface area contributed by atoms with Crippen molar-refractivity contribution in [2.75, 3.05) is 46.1 Å². The largest absolute Gasteiger partial charge is 0.486 e. The molecule has 2 aromatic rings. The predicted octanol–water partition coefficient (Wildman–Crippen LogP) is 2.46. The average Bonchev–Trinajstić information content (AvgIpc) is 2.75. The molecule has 1 saturated heterocycles. The molecular formula is C20H23ClN2O5S. The van der Waals surface area contributed by atoms with Gasteiger partial charge in [0.05, 0.1) is 18.1 Å². The maximum atomic E-state index is 12.9. The summed E-state index contributed by atoms with van der Waals surface area (Å²) >= 11 is 6.02. The summed E-state index contributed by atoms with van der Waals surface area (Å²) < 4.78 is 45.0. The van der Waals surface area contributed by atoms with Crippen molar-refractivity contribution in [2.45, 2.75) is 10.9 Å². The Morgan fingerprint density at radius 1 is 0.966 bits per heavy atom. The van der Waals surface area contributed by atoms with Crippen molar-refractivity contribution in [3.8, 4) is 11.5 Å². The van der Waals surface area contributed by atoms with Gasteiger partial charge in [-0.1, -0.05) is 23.7 Å². The van der Waals surface area contributed by atoms with Gasteiger partial charge in [0.15, 0.2) is 11.5 Å². The quantitative estimate of drug-likeness (QED) is 0.746. The lowest BCUT2D eigenvalue weighted by Crippen LogP contribution is -2.43. The molecule has 2 aromatic carbocycles. The van der Waals surface area contributed by atoms with E-state index < -0.39 is 10.0 Å². The topological polar surface area (TPSA) is 77.1 Å². The van der Waals surface area contributed by atoms with Crippen LogP contribution < -0.4 is 14.2 Å². The van der Waals surface area contributed by atoms with Gasteiger partial charge in [0.2, 0.25) is 10.0 Å². The Kier molecular flexibility index (Phi) is 6.26. The van der Waals surface area contributed by atoms with Crippen molar-refractivity contribution in [3.63, 3.8) is 0 Å². The van der Waals surface area contributed by atoms with Gasteiger partial charge in [0.1, 0.15) is 13.2 Å². The van der Waals surface area contributed by atoms with Crippen molar-refractivity contribution < 1.29 is 22.6 Å². The van der Waals surface area contributed by atoms with Crippen LogP contribution in [-0.2, 0) is 14.8 Å². The molecule has 4 rings (SSSR count). The molecule has 0 amide bonds. The number of nitrogens with zero attached hydrogens (tertiary/aromatic N) is 1. The SMILES string of the molecule is O=S(=O)(NC[C@H](c1ccc(Cl)cc1)N1CCOCC1)c1ccc2c(c1)OCCO2. The lowest BCUT2D eigenvalue weighted by atomic mass is 10.1. The van der Waals surface area contributed by atoms with Gasteiger partial charge < -0.3 is 14.2 Å². The Labute approximate surface area is 175 Å². The van der Waals surface area contributed by atoms with Gasteiger partial charge >= 0.3 is 0 Å². The molecule has 0 aromatic heterocycles. The average molecular weight is 439 g/mol. The van der Waals surface area contributed by atoms with Crippen LogP contribution in [0.25, 0.3) is 0 Å². The molecule has 0 bridgehead atoms. The molecule has 1 fully saturated rings. The van der Waals surface area contributed by atoms with Crippen LogP contribution in [0, 0.1) is 0 Å². The highest BCUT2D eigenvalue weighted by atomic mass is 35.5.